The summed E-state index contributed by atoms with van der Waals surface area (Å²) in [6.45, 7) is 5.59. The van der Waals surface area contributed by atoms with Gasteiger partial charge in [0.15, 0.2) is 12.4 Å². The van der Waals surface area contributed by atoms with E-state index in [1.807, 2.05) is 0 Å². The molecule has 1 aliphatic heterocycles. The van der Waals surface area contributed by atoms with Crippen LogP contribution < -0.4 is 4.73 Å². The van der Waals surface area contributed by atoms with E-state index < -0.39 is 10.2 Å². The van der Waals surface area contributed by atoms with Crippen LogP contribution in [0.3, 0.4) is 0 Å². The molecule has 1 amide bonds. The molecule has 1 saturated heterocycles. The molecule has 1 aromatic rings. The molecule has 2 rings (SSSR count). The minimum Gasteiger partial charge on any atom is -0.619 e. The average molecular weight is 342 g/mol. The SMILES string of the molecule is CCN(CC)S(=O)(=O)N1CCN(C(=O)c2ccc[n+]([O-])c2)CC1. The summed E-state index contributed by atoms with van der Waals surface area (Å²) in [5, 5.41) is 11.3. The number of nitrogens with zero attached hydrogens (tertiary/aromatic N) is 4. The molecule has 1 aliphatic rings. The molecular formula is C14H22N4O4S. The monoisotopic (exact) mass is 342 g/mol. The summed E-state index contributed by atoms with van der Waals surface area (Å²) in [6.07, 6.45) is 2.53. The molecule has 0 atom stereocenters. The summed E-state index contributed by atoms with van der Waals surface area (Å²) in [5.41, 5.74) is 0.308. The highest BCUT2D eigenvalue weighted by molar-refractivity contribution is 7.86. The highest BCUT2D eigenvalue weighted by Gasteiger charge is 2.32. The van der Waals surface area contributed by atoms with Crippen LogP contribution in [0, 0.1) is 5.21 Å². The molecule has 0 spiro atoms. The third kappa shape index (κ3) is 3.80. The zero-order chi connectivity index (χ0) is 17.0. The van der Waals surface area contributed by atoms with Crippen molar-refractivity contribution >= 4 is 16.1 Å². The first-order chi connectivity index (χ1) is 10.9. The first-order valence-electron chi connectivity index (χ1n) is 7.63. The van der Waals surface area contributed by atoms with Crippen LogP contribution in [0.25, 0.3) is 0 Å². The largest absolute Gasteiger partial charge is 0.619 e. The topological polar surface area (TPSA) is 87.9 Å². The number of amides is 1. The molecule has 0 saturated carbocycles. The predicted molar refractivity (Wildman–Crippen MR) is 84.7 cm³/mol. The van der Waals surface area contributed by atoms with E-state index in [9.17, 15) is 18.4 Å². The van der Waals surface area contributed by atoms with Crippen molar-refractivity contribution in [2.24, 2.45) is 0 Å². The van der Waals surface area contributed by atoms with Gasteiger partial charge in [0.2, 0.25) is 0 Å². The Morgan fingerprint density at radius 2 is 1.87 bits per heavy atom. The number of hydrogen-bond donors (Lipinski definition) is 0. The Labute approximate surface area is 136 Å². The van der Waals surface area contributed by atoms with Crippen LogP contribution in [0.4, 0.5) is 0 Å². The fraction of sp³-hybridized carbons (Fsp3) is 0.571. The van der Waals surface area contributed by atoms with Gasteiger partial charge in [-0.05, 0) is 6.07 Å². The Morgan fingerprint density at radius 3 is 2.39 bits per heavy atom. The van der Waals surface area contributed by atoms with Gasteiger partial charge in [0, 0.05) is 45.3 Å². The lowest BCUT2D eigenvalue weighted by Crippen LogP contribution is -2.54. The second-order valence-corrected chi connectivity index (χ2v) is 7.16. The van der Waals surface area contributed by atoms with E-state index in [-0.39, 0.29) is 19.0 Å². The number of pyridine rings is 1. The molecule has 8 nitrogen and oxygen atoms in total. The van der Waals surface area contributed by atoms with Crippen molar-refractivity contribution < 1.29 is 17.9 Å². The molecule has 1 fully saturated rings. The number of rotatable bonds is 5. The number of carbonyl (C=O) groups excluding carboxylic acids is 1. The molecule has 0 unspecified atom stereocenters. The molecule has 0 N–H and O–H groups in total. The van der Waals surface area contributed by atoms with Crippen LogP contribution in [0.1, 0.15) is 24.2 Å². The number of carbonyl (C=O) groups is 1. The van der Waals surface area contributed by atoms with Crippen LogP contribution in [0.2, 0.25) is 0 Å². The maximum absolute atomic E-state index is 12.4. The zero-order valence-electron chi connectivity index (χ0n) is 13.4. The van der Waals surface area contributed by atoms with Crippen molar-refractivity contribution in [2.45, 2.75) is 13.8 Å². The Hall–Kier alpha value is -1.71. The Morgan fingerprint density at radius 1 is 1.26 bits per heavy atom. The summed E-state index contributed by atoms with van der Waals surface area (Å²) in [4.78, 5) is 13.9. The van der Waals surface area contributed by atoms with Gasteiger partial charge in [-0.15, -0.1) is 0 Å². The molecule has 0 bridgehead atoms. The van der Waals surface area contributed by atoms with Gasteiger partial charge in [-0.2, -0.15) is 21.8 Å². The van der Waals surface area contributed by atoms with Crippen molar-refractivity contribution in [3.63, 3.8) is 0 Å². The minimum atomic E-state index is -3.47. The molecule has 0 aliphatic carbocycles. The average Bonchev–Trinajstić information content (AvgIpc) is 2.55. The molecule has 9 heteroatoms. The third-order valence-electron chi connectivity index (χ3n) is 3.91. The van der Waals surface area contributed by atoms with Gasteiger partial charge < -0.3 is 10.1 Å². The van der Waals surface area contributed by atoms with E-state index in [4.69, 9.17) is 0 Å². The smallest absolute Gasteiger partial charge is 0.282 e. The van der Waals surface area contributed by atoms with Crippen molar-refractivity contribution in [3.05, 3.63) is 35.3 Å². The van der Waals surface area contributed by atoms with Gasteiger partial charge in [-0.25, -0.2) is 0 Å². The first-order valence-corrected chi connectivity index (χ1v) is 9.03. The van der Waals surface area contributed by atoms with Crippen LogP contribution >= 0.6 is 0 Å². The van der Waals surface area contributed by atoms with E-state index in [0.29, 0.717) is 36.5 Å². The minimum absolute atomic E-state index is 0.255. The van der Waals surface area contributed by atoms with E-state index in [2.05, 4.69) is 0 Å². The van der Waals surface area contributed by atoms with Crippen LogP contribution in [0.15, 0.2) is 24.5 Å². The molecule has 0 aromatic carbocycles. The maximum atomic E-state index is 12.4. The van der Waals surface area contributed by atoms with Crippen molar-refractivity contribution in [1.29, 1.82) is 0 Å². The Kier molecular flexibility index (Phi) is 5.55. The zero-order valence-corrected chi connectivity index (χ0v) is 14.2. The molecule has 0 radical (unpaired) electrons. The van der Waals surface area contributed by atoms with Gasteiger partial charge >= 0.3 is 0 Å². The second-order valence-electron chi connectivity index (χ2n) is 5.24. The van der Waals surface area contributed by atoms with Crippen LogP contribution in [-0.4, -0.2) is 67.1 Å². The quantitative estimate of drug-likeness (QED) is 0.541. The van der Waals surface area contributed by atoms with E-state index in [1.165, 1.54) is 27.1 Å². The van der Waals surface area contributed by atoms with Gasteiger partial charge in [0.05, 0.1) is 0 Å². The summed E-state index contributed by atoms with van der Waals surface area (Å²) in [7, 11) is -3.47. The molecular weight excluding hydrogens is 320 g/mol. The lowest BCUT2D eigenvalue weighted by atomic mass is 10.2. The van der Waals surface area contributed by atoms with Crippen LogP contribution in [0.5, 0.6) is 0 Å². The van der Waals surface area contributed by atoms with E-state index in [0.717, 1.165) is 0 Å². The number of hydrogen-bond acceptors (Lipinski definition) is 4. The van der Waals surface area contributed by atoms with Gasteiger partial charge in [-0.1, -0.05) is 13.8 Å². The van der Waals surface area contributed by atoms with Crippen molar-refractivity contribution in [1.82, 2.24) is 13.5 Å². The van der Waals surface area contributed by atoms with Crippen molar-refractivity contribution in [2.75, 3.05) is 39.3 Å². The summed E-state index contributed by atoms with van der Waals surface area (Å²) < 4.78 is 28.3. The highest BCUT2D eigenvalue weighted by atomic mass is 32.2. The Bertz CT molecular complexity index is 652. The fourth-order valence-corrected chi connectivity index (χ4v) is 4.20. The fourth-order valence-electron chi connectivity index (χ4n) is 2.60. The predicted octanol–water partition coefficient (Wildman–Crippen LogP) is -0.336. The summed E-state index contributed by atoms with van der Waals surface area (Å²) >= 11 is 0. The van der Waals surface area contributed by atoms with E-state index in [1.54, 1.807) is 24.8 Å². The second kappa shape index (κ2) is 7.24. The molecule has 128 valence electrons. The Balaban J connectivity index is 2.02. The van der Waals surface area contributed by atoms with Gasteiger partial charge in [0.1, 0.15) is 5.56 Å². The van der Waals surface area contributed by atoms with Gasteiger partial charge in [0.25, 0.3) is 16.1 Å². The normalized spacial score (nSPS) is 16.7. The maximum Gasteiger partial charge on any atom is 0.282 e. The molecule has 23 heavy (non-hydrogen) atoms. The standard InChI is InChI=1S/C14H22N4O4S/c1-3-17(4-2)23(21,22)18-10-8-15(9-11-18)14(19)13-6-5-7-16(20)12-13/h5-7,12H,3-4,8-11H2,1-2H3. The summed E-state index contributed by atoms with van der Waals surface area (Å²) in [6, 6.07) is 3.09. The van der Waals surface area contributed by atoms with Crippen LogP contribution in [-0.2, 0) is 10.2 Å². The highest BCUT2D eigenvalue weighted by Crippen LogP contribution is 2.13. The first kappa shape index (κ1) is 17.6. The summed E-state index contributed by atoms with van der Waals surface area (Å²) in [5.74, 6) is -0.255. The number of piperazine rings is 1. The van der Waals surface area contributed by atoms with Gasteiger partial charge in [-0.3, -0.25) is 4.79 Å². The molecule has 1 aromatic heterocycles. The number of aromatic nitrogens is 1. The lowest BCUT2D eigenvalue weighted by Gasteiger charge is -2.36. The third-order valence-corrected chi connectivity index (χ3v) is 6.09. The van der Waals surface area contributed by atoms with Crippen molar-refractivity contribution in [3.8, 4) is 0 Å². The lowest BCUT2D eigenvalue weighted by molar-refractivity contribution is -0.605. The van der Waals surface area contributed by atoms with E-state index >= 15 is 0 Å². The molecule has 2 heterocycles.